The van der Waals surface area contributed by atoms with Crippen molar-refractivity contribution in [2.45, 2.75) is 12.2 Å². The number of fused-ring (bicyclic) bond motifs is 1. The van der Waals surface area contributed by atoms with E-state index in [4.69, 9.17) is 9.47 Å². The first-order chi connectivity index (χ1) is 7.45. The summed E-state index contributed by atoms with van der Waals surface area (Å²) in [5.41, 5.74) is 2.56. The molecule has 0 radical (unpaired) electrons. The van der Waals surface area contributed by atoms with E-state index in [0.717, 1.165) is 0 Å². The molecule has 1 aromatic carbocycles. The molecule has 15 heavy (non-hydrogen) atoms. The molecule has 2 unspecified atom stereocenters. The molecule has 0 amide bonds. The van der Waals surface area contributed by atoms with Crippen LogP contribution >= 0.6 is 0 Å². The van der Waals surface area contributed by atoms with Gasteiger partial charge >= 0.3 is 0 Å². The van der Waals surface area contributed by atoms with Gasteiger partial charge in [-0.15, -0.1) is 0 Å². The van der Waals surface area contributed by atoms with E-state index in [1.165, 1.54) is 11.1 Å². The molecule has 0 aromatic heterocycles. The molecule has 0 fully saturated rings. The molecule has 2 heteroatoms. The molecule has 1 heterocycles. The Labute approximate surface area is 88.8 Å². The summed E-state index contributed by atoms with van der Waals surface area (Å²) >= 11 is 0. The van der Waals surface area contributed by atoms with Gasteiger partial charge in [-0.25, -0.2) is 0 Å². The molecule has 0 N–H and O–H groups in total. The molecule has 0 bridgehead atoms. The van der Waals surface area contributed by atoms with Gasteiger partial charge in [0.2, 0.25) is 6.29 Å². The van der Waals surface area contributed by atoms with Gasteiger partial charge in [0.1, 0.15) is 0 Å². The Morgan fingerprint density at radius 3 is 3.00 bits per heavy atom. The molecule has 2 nitrogen and oxygen atoms in total. The van der Waals surface area contributed by atoms with Gasteiger partial charge < -0.3 is 9.47 Å². The lowest BCUT2D eigenvalue weighted by molar-refractivity contribution is -0.117. The minimum Gasteiger partial charge on any atom is -0.472 e. The monoisotopic (exact) mass is 200 g/mol. The van der Waals surface area contributed by atoms with Gasteiger partial charge in [0, 0.05) is 0 Å². The van der Waals surface area contributed by atoms with Crippen molar-refractivity contribution in [2.75, 3.05) is 6.61 Å². The third kappa shape index (κ3) is 1.47. The molecule has 2 aliphatic rings. The minimum atomic E-state index is -0.171. The van der Waals surface area contributed by atoms with Crippen molar-refractivity contribution >= 4 is 6.08 Å². The number of rotatable bonds is 1. The van der Waals surface area contributed by atoms with E-state index >= 15 is 0 Å². The van der Waals surface area contributed by atoms with Crippen LogP contribution in [-0.2, 0) is 9.47 Å². The summed E-state index contributed by atoms with van der Waals surface area (Å²) in [5.74, 6) is 0.228. The van der Waals surface area contributed by atoms with Crippen molar-refractivity contribution in [3.63, 3.8) is 0 Å². The third-order valence-corrected chi connectivity index (χ3v) is 2.80. The van der Waals surface area contributed by atoms with E-state index in [2.05, 4.69) is 30.4 Å². The summed E-state index contributed by atoms with van der Waals surface area (Å²) in [4.78, 5) is 0. The van der Waals surface area contributed by atoms with Crippen molar-refractivity contribution in [3.05, 3.63) is 53.8 Å². The topological polar surface area (TPSA) is 18.5 Å². The summed E-state index contributed by atoms with van der Waals surface area (Å²) in [7, 11) is 0. The van der Waals surface area contributed by atoms with Crippen LogP contribution in [-0.4, -0.2) is 12.9 Å². The average Bonchev–Trinajstić information content (AvgIpc) is 2.74. The Morgan fingerprint density at radius 2 is 2.13 bits per heavy atom. The van der Waals surface area contributed by atoms with Gasteiger partial charge in [-0.05, 0) is 17.2 Å². The Kier molecular flexibility index (Phi) is 2.07. The van der Waals surface area contributed by atoms with Gasteiger partial charge in [-0.2, -0.15) is 0 Å². The largest absolute Gasteiger partial charge is 0.472 e. The zero-order valence-corrected chi connectivity index (χ0v) is 8.30. The lowest BCUT2D eigenvalue weighted by atomic mass is 10.0. The van der Waals surface area contributed by atoms with Crippen LogP contribution in [0.4, 0.5) is 0 Å². The van der Waals surface area contributed by atoms with Crippen LogP contribution in [0.1, 0.15) is 17.0 Å². The number of hydrogen-bond acceptors (Lipinski definition) is 2. The van der Waals surface area contributed by atoms with Crippen LogP contribution in [0, 0.1) is 0 Å². The predicted molar refractivity (Wildman–Crippen MR) is 58.2 cm³/mol. The molecular weight excluding hydrogens is 188 g/mol. The maximum Gasteiger partial charge on any atom is 0.209 e. The summed E-state index contributed by atoms with van der Waals surface area (Å²) in [6, 6.07) is 8.35. The summed E-state index contributed by atoms with van der Waals surface area (Å²) in [6.07, 6.45) is 7.71. The van der Waals surface area contributed by atoms with Crippen molar-refractivity contribution in [1.82, 2.24) is 0 Å². The highest BCUT2D eigenvalue weighted by atomic mass is 16.7. The molecule has 1 aliphatic heterocycles. The Balaban J connectivity index is 1.90. The second-order valence-electron chi connectivity index (χ2n) is 3.72. The van der Waals surface area contributed by atoms with Crippen LogP contribution in [0.2, 0.25) is 0 Å². The first kappa shape index (κ1) is 8.74. The van der Waals surface area contributed by atoms with Crippen LogP contribution in [0.15, 0.2) is 42.7 Å². The fourth-order valence-electron chi connectivity index (χ4n) is 2.06. The lowest BCUT2D eigenvalue weighted by Gasteiger charge is -2.25. The van der Waals surface area contributed by atoms with Crippen LogP contribution in [0.25, 0.3) is 6.08 Å². The molecule has 1 aliphatic carbocycles. The lowest BCUT2D eigenvalue weighted by Crippen LogP contribution is -2.24. The normalized spacial score (nSPS) is 27.5. The van der Waals surface area contributed by atoms with Crippen molar-refractivity contribution in [1.29, 1.82) is 0 Å². The van der Waals surface area contributed by atoms with Crippen LogP contribution in [0.5, 0.6) is 0 Å². The fraction of sp³-hybridized carbons (Fsp3) is 0.231. The molecule has 0 saturated carbocycles. The van der Waals surface area contributed by atoms with Gasteiger partial charge in [0.15, 0.2) is 0 Å². The third-order valence-electron chi connectivity index (χ3n) is 2.80. The standard InChI is InChI=1S/C13H12O2/c1-2-5-11-10(4-1)6-7-12(11)13-14-8-3-9-15-13/h1-8,12-13H,9H2. The maximum atomic E-state index is 5.56. The molecular formula is C13H12O2. The second kappa shape index (κ2) is 3.55. The summed E-state index contributed by atoms with van der Waals surface area (Å²) in [6.45, 7) is 0.636. The predicted octanol–water partition coefficient (Wildman–Crippen LogP) is 2.68. The average molecular weight is 200 g/mol. The first-order valence-corrected chi connectivity index (χ1v) is 5.14. The molecule has 3 rings (SSSR count). The Hall–Kier alpha value is -1.54. The number of ether oxygens (including phenoxy) is 2. The number of hydrogen-bond donors (Lipinski definition) is 0. The van der Waals surface area contributed by atoms with Crippen molar-refractivity contribution in [3.8, 4) is 0 Å². The van der Waals surface area contributed by atoms with E-state index in [9.17, 15) is 0 Å². The van der Waals surface area contributed by atoms with Gasteiger partial charge in [0.25, 0.3) is 0 Å². The Morgan fingerprint density at radius 1 is 1.20 bits per heavy atom. The quantitative estimate of drug-likeness (QED) is 0.694. The summed E-state index contributed by atoms with van der Waals surface area (Å²) < 4.78 is 11.0. The zero-order valence-electron chi connectivity index (χ0n) is 8.30. The highest BCUT2D eigenvalue weighted by Gasteiger charge is 2.28. The number of benzene rings is 1. The summed E-state index contributed by atoms with van der Waals surface area (Å²) in [5, 5.41) is 0. The van der Waals surface area contributed by atoms with E-state index in [-0.39, 0.29) is 12.2 Å². The highest BCUT2D eigenvalue weighted by molar-refractivity contribution is 5.62. The van der Waals surface area contributed by atoms with E-state index < -0.39 is 0 Å². The van der Waals surface area contributed by atoms with E-state index in [1.807, 2.05) is 12.1 Å². The second-order valence-corrected chi connectivity index (χ2v) is 3.72. The first-order valence-electron chi connectivity index (χ1n) is 5.14. The smallest absolute Gasteiger partial charge is 0.209 e. The molecule has 1 aromatic rings. The fourth-order valence-corrected chi connectivity index (χ4v) is 2.06. The van der Waals surface area contributed by atoms with Gasteiger partial charge in [-0.1, -0.05) is 36.4 Å². The maximum absolute atomic E-state index is 5.56. The van der Waals surface area contributed by atoms with Crippen molar-refractivity contribution < 1.29 is 9.47 Å². The molecule has 2 atom stereocenters. The molecule has 76 valence electrons. The molecule has 0 spiro atoms. The SMILES string of the molecule is C1=COC(C2C=Cc3ccccc32)OC1. The van der Waals surface area contributed by atoms with E-state index in [0.29, 0.717) is 6.61 Å². The highest BCUT2D eigenvalue weighted by Crippen LogP contribution is 2.34. The van der Waals surface area contributed by atoms with E-state index in [1.54, 1.807) is 6.26 Å². The minimum absolute atomic E-state index is 0.171. The Bertz CT molecular complexity index is 420. The van der Waals surface area contributed by atoms with Gasteiger partial charge in [0.05, 0.1) is 18.8 Å². The van der Waals surface area contributed by atoms with Crippen LogP contribution < -0.4 is 0 Å². The molecule has 0 saturated heterocycles. The van der Waals surface area contributed by atoms with Crippen molar-refractivity contribution in [2.24, 2.45) is 0 Å². The van der Waals surface area contributed by atoms with Gasteiger partial charge in [-0.3, -0.25) is 0 Å². The van der Waals surface area contributed by atoms with Crippen LogP contribution in [0.3, 0.4) is 0 Å². The zero-order chi connectivity index (χ0) is 10.1.